The largest absolute Gasteiger partial charge is 0.497 e. The minimum absolute atomic E-state index is 0.267. The molecule has 106 valence electrons. The van der Waals surface area contributed by atoms with Gasteiger partial charge in [0.2, 0.25) is 0 Å². The Labute approximate surface area is 122 Å². The van der Waals surface area contributed by atoms with Gasteiger partial charge in [0.05, 0.1) is 14.2 Å². The molecule has 0 amide bonds. The second kappa shape index (κ2) is 5.44. The first-order valence-electron chi connectivity index (χ1n) is 6.64. The number of fused-ring (bicyclic) bond motifs is 1. The standard InChI is InChI=1S/C18H15FO2/c1-20-13-8-9-15(17(11-13)21-2)18-14-6-4-3-5-12(14)7-10-16(18)19/h3-11H,1-2H3. The molecular weight excluding hydrogens is 267 g/mol. The molecule has 0 radical (unpaired) electrons. The van der Waals surface area contributed by atoms with Gasteiger partial charge in [0.15, 0.2) is 0 Å². The minimum Gasteiger partial charge on any atom is -0.497 e. The van der Waals surface area contributed by atoms with Gasteiger partial charge < -0.3 is 9.47 Å². The number of methoxy groups -OCH3 is 2. The molecule has 0 N–H and O–H groups in total. The Morgan fingerprint density at radius 2 is 1.67 bits per heavy atom. The summed E-state index contributed by atoms with van der Waals surface area (Å²) in [5.41, 5.74) is 1.26. The highest BCUT2D eigenvalue weighted by Gasteiger charge is 2.14. The molecule has 0 spiro atoms. The Hall–Kier alpha value is -2.55. The van der Waals surface area contributed by atoms with E-state index < -0.39 is 0 Å². The predicted octanol–water partition coefficient (Wildman–Crippen LogP) is 4.66. The van der Waals surface area contributed by atoms with Crippen LogP contribution in [0.1, 0.15) is 0 Å². The van der Waals surface area contributed by atoms with Crippen LogP contribution >= 0.6 is 0 Å². The average molecular weight is 282 g/mol. The molecule has 0 bridgehead atoms. The number of rotatable bonds is 3. The molecule has 0 aromatic heterocycles. The van der Waals surface area contributed by atoms with Gasteiger partial charge in [-0.1, -0.05) is 30.3 Å². The normalized spacial score (nSPS) is 10.6. The fraction of sp³-hybridized carbons (Fsp3) is 0.111. The van der Waals surface area contributed by atoms with Crippen LogP contribution in [0.3, 0.4) is 0 Å². The molecule has 0 aliphatic rings. The fourth-order valence-electron chi connectivity index (χ4n) is 2.52. The maximum Gasteiger partial charge on any atom is 0.131 e. The van der Waals surface area contributed by atoms with E-state index in [1.165, 1.54) is 6.07 Å². The van der Waals surface area contributed by atoms with Crippen LogP contribution in [0.15, 0.2) is 54.6 Å². The molecule has 0 saturated carbocycles. The summed E-state index contributed by atoms with van der Waals surface area (Å²) < 4.78 is 25.0. The van der Waals surface area contributed by atoms with Crippen molar-refractivity contribution in [1.82, 2.24) is 0 Å². The summed E-state index contributed by atoms with van der Waals surface area (Å²) in [5, 5.41) is 1.85. The topological polar surface area (TPSA) is 18.5 Å². The van der Waals surface area contributed by atoms with E-state index in [2.05, 4.69) is 0 Å². The van der Waals surface area contributed by atoms with Gasteiger partial charge in [-0.2, -0.15) is 0 Å². The summed E-state index contributed by atoms with van der Waals surface area (Å²) in [5.74, 6) is 0.998. The molecule has 0 unspecified atom stereocenters. The fourth-order valence-corrected chi connectivity index (χ4v) is 2.52. The molecule has 3 heteroatoms. The first-order chi connectivity index (χ1) is 10.2. The van der Waals surface area contributed by atoms with Crippen molar-refractivity contribution in [3.05, 3.63) is 60.4 Å². The lowest BCUT2D eigenvalue weighted by atomic mass is 9.97. The second-order valence-corrected chi connectivity index (χ2v) is 4.71. The Bertz CT molecular complexity index is 796. The van der Waals surface area contributed by atoms with Crippen molar-refractivity contribution in [2.45, 2.75) is 0 Å². The van der Waals surface area contributed by atoms with Crippen LogP contribution in [0.4, 0.5) is 4.39 Å². The van der Waals surface area contributed by atoms with E-state index in [-0.39, 0.29) is 5.82 Å². The SMILES string of the molecule is COc1ccc(-c2c(F)ccc3ccccc23)c(OC)c1. The summed E-state index contributed by atoms with van der Waals surface area (Å²) in [7, 11) is 3.16. The highest BCUT2D eigenvalue weighted by molar-refractivity contribution is 5.98. The van der Waals surface area contributed by atoms with Crippen molar-refractivity contribution < 1.29 is 13.9 Å². The van der Waals surface area contributed by atoms with Gasteiger partial charge in [-0.3, -0.25) is 0 Å². The second-order valence-electron chi connectivity index (χ2n) is 4.71. The van der Waals surface area contributed by atoms with Gasteiger partial charge in [0.25, 0.3) is 0 Å². The number of halogens is 1. The van der Waals surface area contributed by atoms with Crippen LogP contribution in [0.25, 0.3) is 21.9 Å². The monoisotopic (exact) mass is 282 g/mol. The van der Waals surface area contributed by atoms with Crippen LogP contribution in [-0.2, 0) is 0 Å². The van der Waals surface area contributed by atoms with Crippen molar-refractivity contribution in [1.29, 1.82) is 0 Å². The van der Waals surface area contributed by atoms with Crippen molar-refractivity contribution in [3.63, 3.8) is 0 Å². The van der Waals surface area contributed by atoms with Gasteiger partial charge in [0, 0.05) is 17.2 Å². The van der Waals surface area contributed by atoms with Gasteiger partial charge in [0.1, 0.15) is 17.3 Å². The average Bonchev–Trinajstić information content (AvgIpc) is 2.54. The van der Waals surface area contributed by atoms with E-state index in [1.54, 1.807) is 32.4 Å². The maximum atomic E-state index is 14.4. The highest BCUT2D eigenvalue weighted by atomic mass is 19.1. The van der Waals surface area contributed by atoms with E-state index in [4.69, 9.17) is 9.47 Å². The molecule has 0 aliphatic carbocycles. The van der Waals surface area contributed by atoms with Crippen LogP contribution in [0.2, 0.25) is 0 Å². The quantitative estimate of drug-likeness (QED) is 0.695. The summed E-state index contributed by atoms with van der Waals surface area (Å²) in [6.45, 7) is 0. The van der Waals surface area contributed by atoms with Crippen molar-refractivity contribution in [3.8, 4) is 22.6 Å². The van der Waals surface area contributed by atoms with Crippen LogP contribution in [0.5, 0.6) is 11.5 Å². The summed E-state index contributed by atoms with van der Waals surface area (Å²) in [6.07, 6.45) is 0. The molecule has 2 nitrogen and oxygen atoms in total. The lowest BCUT2D eigenvalue weighted by Crippen LogP contribution is -1.93. The molecule has 0 heterocycles. The van der Waals surface area contributed by atoms with Gasteiger partial charge in [-0.25, -0.2) is 4.39 Å². The Morgan fingerprint density at radius 1 is 0.857 bits per heavy atom. The molecule has 21 heavy (non-hydrogen) atoms. The maximum absolute atomic E-state index is 14.4. The van der Waals surface area contributed by atoms with E-state index in [1.807, 2.05) is 30.3 Å². The number of benzene rings is 3. The van der Waals surface area contributed by atoms with Gasteiger partial charge in [-0.05, 0) is 29.0 Å². The smallest absolute Gasteiger partial charge is 0.131 e. The summed E-state index contributed by atoms with van der Waals surface area (Å²) in [4.78, 5) is 0. The molecular formula is C18H15FO2. The summed E-state index contributed by atoms with van der Waals surface area (Å²) in [6, 6.07) is 16.4. The molecule has 0 aliphatic heterocycles. The van der Waals surface area contributed by atoms with E-state index >= 15 is 0 Å². The van der Waals surface area contributed by atoms with Crippen molar-refractivity contribution in [2.24, 2.45) is 0 Å². The van der Waals surface area contributed by atoms with E-state index in [0.717, 1.165) is 10.8 Å². The number of hydrogen-bond acceptors (Lipinski definition) is 2. The number of ether oxygens (including phenoxy) is 2. The predicted molar refractivity (Wildman–Crippen MR) is 82.4 cm³/mol. The third kappa shape index (κ3) is 2.31. The Morgan fingerprint density at radius 3 is 2.43 bits per heavy atom. The molecule has 0 atom stereocenters. The highest BCUT2D eigenvalue weighted by Crippen LogP contribution is 2.38. The van der Waals surface area contributed by atoms with Crippen LogP contribution in [0, 0.1) is 5.82 Å². The lowest BCUT2D eigenvalue weighted by molar-refractivity contribution is 0.395. The third-order valence-corrected chi connectivity index (χ3v) is 3.56. The zero-order valence-electron chi connectivity index (χ0n) is 11.9. The molecule has 3 aromatic rings. The van der Waals surface area contributed by atoms with E-state index in [9.17, 15) is 4.39 Å². The number of hydrogen-bond donors (Lipinski definition) is 0. The minimum atomic E-state index is -0.267. The van der Waals surface area contributed by atoms with Crippen LogP contribution in [-0.4, -0.2) is 14.2 Å². The van der Waals surface area contributed by atoms with Crippen LogP contribution < -0.4 is 9.47 Å². The Balaban J connectivity index is 2.32. The molecule has 0 saturated heterocycles. The summed E-state index contributed by atoms with van der Waals surface area (Å²) >= 11 is 0. The van der Waals surface area contributed by atoms with Gasteiger partial charge >= 0.3 is 0 Å². The molecule has 3 rings (SSSR count). The van der Waals surface area contributed by atoms with Gasteiger partial charge in [-0.15, -0.1) is 0 Å². The first-order valence-corrected chi connectivity index (χ1v) is 6.64. The zero-order valence-corrected chi connectivity index (χ0v) is 11.9. The van der Waals surface area contributed by atoms with Crippen molar-refractivity contribution >= 4 is 10.8 Å². The Kier molecular flexibility index (Phi) is 3.48. The third-order valence-electron chi connectivity index (χ3n) is 3.56. The first kappa shape index (κ1) is 13.4. The lowest BCUT2D eigenvalue weighted by Gasteiger charge is -2.13. The molecule has 0 fully saturated rings. The van der Waals surface area contributed by atoms with E-state index in [0.29, 0.717) is 22.6 Å². The molecule has 3 aromatic carbocycles. The zero-order chi connectivity index (χ0) is 14.8. The van der Waals surface area contributed by atoms with Crippen molar-refractivity contribution in [2.75, 3.05) is 14.2 Å².